The normalized spacial score (nSPS) is 10.9. The summed E-state index contributed by atoms with van der Waals surface area (Å²) in [6.45, 7) is 8.34. The molecule has 0 saturated carbocycles. The molecule has 1 heterocycles. The first-order valence-corrected chi connectivity index (χ1v) is 10.0. The zero-order valence-electron chi connectivity index (χ0n) is 17.4. The van der Waals surface area contributed by atoms with Gasteiger partial charge < -0.3 is 20.1 Å². The monoisotopic (exact) mass is 512 g/mol. The third-order valence-corrected chi connectivity index (χ3v) is 4.03. The van der Waals surface area contributed by atoms with E-state index in [1.165, 1.54) is 0 Å². The molecule has 29 heavy (non-hydrogen) atoms. The van der Waals surface area contributed by atoms with Crippen LogP contribution in [0.4, 0.5) is 0 Å². The Labute approximate surface area is 191 Å². The van der Waals surface area contributed by atoms with Gasteiger partial charge in [0.1, 0.15) is 6.61 Å². The van der Waals surface area contributed by atoms with Crippen LogP contribution in [0.25, 0.3) is 0 Å². The fraction of sp³-hybridized carbons (Fsp3) is 0.455. The number of benzene rings is 1. The van der Waals surface area contributed by atoms with Crippen molar-refractivity contribution in [1.29, 1.82) is 0 Å². The van der Waals surface area contributed by atoms with Gasteiger partial charge in [-0.15, -0.1) is 24.0 Å². The summed E-state index contributed by atoms with van der Waals surface area (Å²) in [7, 11) is 0. The van der Waals surface area contributed by atoms with E-state index in [1.54, 1.807) is 6.20 Å². The van der Waals surface area contributed by atoms with Crippen molar-refractivity contribution in [3.05, 3.63) is 59.8 Å². The molecule has 0 unspecified atom stereocenters. The average molecular weight is 512 g/mol. The number of hydrogen-bond donors (Lipinski definition) is 2. The van der Waals surface area contributed by atoms with Crippen LogP contribution in [-0.2, 0) is 17.9 Å². The summed E-state index contributed by atoms with van der Waals surface area (Å²) >= 11 is 0. The molecule has 2 N–H and O–H groups in total. The van der Waals surface area contributed by atoms with E-state index in [4.69, 9.17) is 9.47 Å². The molecule has 2 rings (SSSR count). The van der Waals surface area contributed by atoms with Gasteiger partial charge in [-0.2, -0.15) is 0 Å². The molecule has 2 aromatic rings. The van der Waals surface area contributed by atoms with Crippen LogP contribution in [-0.4, -0.2) is 37.2 Å². The predicted octanol–water partition coefficient (Wildman–Crippen LogP) is 4.15. The Morgan fingerprint density at radius 1 is 1.03 bits per heavy atom. The Kier molecular flexibility index (Phi) is 13.9. The molecule has 160 valence electrons. The van der Waals surface area contributed by atoms with E-state index in [0.29, 0.717) is 19.0 Å². The lowest BCUT2D eigenvalue weighted by Crippen LogP contribution is -2.37. The second-order valence-electron chi connectivity index (χ2n) is 6.27. The average Bonchev–Trinajstić information content (AvgIpc) is 2.74. The fourth-order valence-electron chi connectivity index (χ4n) is 2.59. The van der Waals surface area contributed by atoms with Crippen molar-refractivity contribution in [3.8, 4) is 5.88 Å². The Hall–Kier alpha value is -1.87. The first-order valence-electron chi connectivity index (χ1n) is 10.0. The highest BCUT2D eigenvalue weighted by Crippen LogP contribution is 2.17. The van der Waals surface area contributed by atoms with E-state index in [-0.39, 0.29) is 24.0 Å². The minimum atomic E-state index is 0. The topological polar surface area (TPSA) is 67.8 Å². The number of aliphatic imine (C=N–C) groups is 1. The largest absolute Gasteiger partial charge is 0.473 e. The van der Waals surface area contributed by atoms with Gasteiger partial charge in [0, 0.05) is 38.1 Å². The van der Waals surface area contributed by atoms with Crippen molar-refractivity contribution in [2.24, 2.45) is 4.99 Å². The van der Waals surface area contributed by atoms with Gasteiger partial charge in [0.2, 0.25) is 5.88 Å². The van der Waals surface area contributed by atoms with Crippen molar-refractivity contribution < 1.29 is 9.47 Å². The second-order valence-corrected chi connectivity index (χ2v) is 6.27. The van der Waals surface area contributed by atoms with Crippen LogP contribution in [0.5, 0.6) is 5.88 Å². The van der Waals surface area contributed by atoms with Gasteiger partial charge in [-0.05, 0) is 38.3 Å². The number of pyridine rings is 1. The molecule has 0 bridgehead atoms. The number of nitrogens with one attached hydrogen (secondary N) is 2. The number of ether oxygens (including phenoxy) is 2. The lowest BCUT2D eigenvalue weighted by atomic mass is 10.2. The van der Waals surface area contributed by atoms with Crippen molar-refractivity contribution in [1.82, 2.24) is 15.6 Å². The molecule has 1 aromatic heterocycles. The Balaban J connectivity index is 0.00000420. The number of aromatic nitrogens is 1. The number of halogens is 1. The van der Waals surface area contributed by atoms with Gasteiger partial charge in [0.05, 0.1) is 6.54 Å². The molecule has 0 atom stereocenters. The summed E-state index contributed by atoms with van der Waals surface area (Å²) < 4.78 is 11.3. The van der Waals surface area contributed by atoms with Crippen LogP contribution in [0.15, 0.2) is 53.7 Å². The van der Waals surface area contributed by atoms with Crippen molar-refractivity contribution in [3.63, 3.8) is 0 Å². The quantitative estimate of drug-likeness (QED) is 0.194. The van der Waals surface area contributed by atoms with Crippen molar-refractivity contribution >= 4 is 29.9 Å². The lowest BCUT2D eigenvalue weighted by molar-refractivity contribution is 0.143. The highest BCUT2D eigenvalue weighted by Gasteiger charge is 2.06. The zero-order chi connectivity index (χ0) is 19.9. The number of unbranched alkanes of at least 4 members (excludes halogenated alkanes) is 1. The van der Waals surface area contributed by atoms with Gasteiger partial charge in [0.25, 0.3) is 0 Å². The van der Waals surface area contributed by atoms with Crippen molar-refractivity contribution in [2.75, 3.05) is 26.3 Å². The number of hydrogen-bond acceptors (Lipinski definition) is 4. The van der Waals surface area contributed by atoms with E-state index < -0.39 is 0 Å². The van der Waals surface area contributed by atoms with Gasteiger partial charge in [-0.3, -0.25) is 0 Å². The summed E-state index contributed by atoms with van der Waals surface area (Å²) in [6.07, 6.45) is 3.83. The van der Waals surface area contributed by atoms with Crippen LogP contribution < -0.4 is 15.4 Å². The maximum Gasteiger partial charge on any atom is 0.218 e. The molecular formula is C22H33IN4O2. The van der Waals surface area contributed by atoms with Crippen LogP contribution in [0, 0.1) is 0 Å². The molecule has 0 saturated heterocycles. The van der Waals surface area contributed by atoms with Crippen LogP contribution >= 0.6 is 24.0 Å². The van der Waals surface area contributed by atoms with Gasteiger partial charge in [-0.25, -0.2) is 9.98 Å². The molecule has 0 radical (unpaired) electrons. The number of nitrogens with zero attached hydrogens (tertiary/aromatic N) is 2. The standard InChI is InChI=1S/C22H32N4O2.HI/c1-3-23-22(25-14-8-9-16-27-4-2)26-17-20-13-10-15-24-21(20)28-18-19-11-6-5-7-12-19;/h5-7,10-13,15H,3-4,8-9,14,16-18H2,1-2H3,(H2,23,25,26);1H. The maximum atomic E-state index is 5.92. The molecular weight excluding hydrogens is 479 g/mol. The van der Waals surface area contributed by atoms with Crippen molar-refractivity contribution in [2.45, 2.75) is 39.8 Å². The minimum Gasteiger partial charge on any atom is -0.473 e. The van der Waals surface area contributed by atoms with Crippen LogP contribution in [0.3, 0.4) is 0 Å². The molecule has 0 aliphatic heterocycles. The van der Waals surface area contributed by atoms with E-state index >= 15 is 0 Å². The number of guanidine groups is 1. The predicted molar refractivity (Wildman–Crippen MR) is 129 cm³/mol. The molecule has 0 spiro atoms. The second kappa shape index (κ2) is 16.0. The summed E-state index contributed by atoms with van der Waals surface area (Å²) in [6, 6.07) is 14.0. The van der Waals surface area contributed by atoms with E-state index in [9.17, 15) is 0 Å². The summed E-state index contributed by atoms with van der Waals surface area (Å²) in [5.41, 5.74) is 2.08. The highest BCUT2D eigenvalue weighted by molar-refractivity contribution is 14.0. The summed E-state index contributed by atoms with van der Waals surface area (Å²) in [5.74, 6) is 1.43. The molecule has 7 heteroatoms. The third-order valence-electron chi connectivity index (χ3n) is 4.03. The SMILES string of the molecule is CCNC(=NCc1cccnc1OCc1ccccc1)NCCCCOCC.I. The third kappa shape index (κ3) is 10.5. The van der Waals surface area contributed by atoms with Gasteiger partial charge in [-0.1, -0.05) is 36.4 Å². The molecule has 0 aliphatic carbocycles. The Bertz CT molecular complexity index is 698. The Morgan fingerprint density at radius 3 is 2.62 bits per heavy atom. The van der Waals surface area contributed by atoms with E-state index in [0.717, 1.165) is 56.2 Å². The lowest BCUT2D eigenvalue weighted by Gasteiger charge is -2.12. The molecule has 1 aromatic carbocycles. The molecule has 0 aliphatic rings. The molecule has 0 amide bonds. The van der Waals surface area contributed by atoms with Gasteiger partial charge >= 0.3 is 0 Å². The zero-order valence-corrected chi connectivity index (χ0v) is 19.7. The minimum absolute atomic E-state index is 0. The fourth-order valence-corrected chi connectivity index (χ4v) is 2.59. The Morgan fingerprint density at radius 2 is 1.86 bits per heavy atom. The molecule has 0 fully saturated rings. The summed E-state index contributed by atoms with van der Waals surface area (Å²) in [5, 5.41) is 6.65. The highest BCUT2D eigenvalue weighted by atomic mass is 127. The molecule has 6 nitrogen and oxygen atoms in total. The van der Waals surface area contributed by atoms with Gasteiger partial charge in [0.15, 0.2) is 5.96 Å². The smallest absolute Gasteiger partial charge is 0.218 e. The summed E-state index contributed by atoms with van der Waals surface area (Å²) in [4.78, 5) is 9.05. The first-order chi connectivity index (χ1) is 13.8. The van der Waals surface area contributed by atoms with Crippen LogP contribution in [0.2, 0.25) is 0 Å². The van der Waals surface area contributed by atoms with E-state index in [2.05, 4.69) is 27.5 Å². The van der Waals surface area contributed by atoms with E-state index in [1.807, 2.05) is 49.4 Å². The van der Waals surface area contributed by atoms with Crippen LogP contribution in [0.1, 0.15) is 37.8 Å². The first kappa shape index (κ1) is 25.2. The number of rotatable bonds is 12. The maximum absolute atomic E-state index is 5.92.